The van der Waals surface area contributed by atoms with E-state index in [1.807, 2.05) is 36.4 Å². The van der Waals surface area contributed by atoms with Gasteiger partial charge in [0.1, 0.15) is 0 Å². The maximum atomic E-state index is 12.8. The van der Waals surface area contributed by atoms with Gasteiger partial charge < -0.3 is 0 Å². The largest absolute Gasteiger partial charge is 0.295 e. The maximum Gasteiger partial charge on any atom is 0.231 e. The highest BCUT2D eigenvalue weighted by Crippen LogP contribution is 2.27. The standard InChI is InChI=1S/C20H17ClN4O/c21-17-3-1-14(2-4-17)11-16-7-10-25(20(16)26)19-13-23-18(12-24-19)15-5-8-22-9-6-15/h1-6,8-9,12-13,16H,7,10-11H2. The summed E-state index contributed by atoms with van der Waals surface area (Å²) in [6.07, 6.45) is 8.33. The molecule has 1 amide bonds. The van der Waals surface area contributed by atoms with Crippen LogP contribution < -0.4 is 4.90 Å². The van der Waals surface area contributed by atoms with Crippen LogP contribution in [0.5, 0.6) is 0 Å². The molecule has 26 heavy (non-hydrogen) atoms. The zero-order valence-corrected chi connectivity index (χ0v) is 14.8. The Morgan fingerprint density at radius 1 is 1.04 bits per heavy atom. The Hall–Kier alpha value is -2.79. The van der Waals surface area contributed by atoms with E-state index in [2.05, 4.69) is 15.0 Å². The predicted octanol–water partition coefficient (Wildman–Crippen LogP) is 3.79. The summed E-state index contributed by atoms with van der Waals surface area (Å²) in [6, 6.07) is 11.4. The van der Waals surface area contributed by atoms with Crippen molar-refractivity contribution in [1.82, 2.24) is 15.0 Å². The molecule has 1 fully saturated rings. The van der Waals surface area contributed by atoms with E-state index in [4.69, 9.17) is 11.6 Å². The molecule has 1 atom stereocenters. The molecule has 1 aliphatic rings. The van der Waals surface area contributed by atoms with E-state index in [1.54, 1.807) is 29.7 Å². The smallest absolute Gasteiger partial charge is 0.231 e. The third-order valence-electron chi connectivity index (χ3n) is 4.60. The van der Waals surface area contributed by atoms with Crippen molar-refractivity contribution in [2.45, 2.75) is 12.8 Å². The molecule has 0 aliphatic carbocycles. The van der Waals surface area contributed by atoms with Gasteiger partial charge in [-0.25, -0.2) is 4.98 Å². The van der Waals surface area contributed by atoms with Gasteiger partial charge in [-0.3, -0.25) is 19.7 Å². The molecule has 0 N–H and O–H groups in total. The van der Waals surface area contributed by atoms with E-state index in [0.29, 0.717) is 17.4 Å². The number of hydrogen-bond donors (Lipinski definition) is 0. The molecular formula is C20H17ClN4O. The van der Waals surface area contributed by atoms with Crippen molar-refractivity contribution in [3.8, 4) is 11.3 Å². The zero-order chi connectivity index (χ0) is 17.9. The van der Waals surface area contributed by atoms with Gasteiger partial charge in [-0.15, -0.1) is 0 Å². The minimum atomic E-state index is -0.0298. The normalized spacial score (nSPS) is 16.9. The van der Waals surface area contributed by atoms with Gasteiger partial charge >= 0.3 is 0 Å². The first-order valence-corrected chi connectivity index (χ1v) is 8.87. The Balaban J connectivity index is 1.47. The second-order valence-electron chi connectivity index (χ2n) is 6.30. The fraction of sp³-hybridized carbons (Fsp3) is 0.200. The number of benzene rings is 1. The second-order valence-corrected chi connectivity index (χ2v) is 6.74. The lowest BCUT2D eigenvalue weighted by Crippen LogP contribution is -2.28. The minimum Gasteiger partial charge on any atom is -0.295 e. The zero-order valence-electron chi connectivity index (χ0n) is 14.0. The Bertz CT molecular complexity index is 897. The number of anilines is 1. The average Bonchev–Trinajstić information content (AvgIpc) is 3.05. The highest BCUT2D eigenvalue weighted by molar-refractivity contribution is 6.30. The van der Waals surface area contributed by atoms with Crippen molar-refractivity contribution < 1.29 is 4.79 Å². The molecule has 1 unspecified atom stereocenters. The Labute approximate surface area is 156 Å². The molecule has 1 aromatic carbocycles. The number of carbonyl (C=O) groups is 1. The molecule has 0 saturated carbocycles. The molecule has 1 saturated heterocycles. The first kappa shape index (κ1) is 16.7. The Kier molecular flexibility index (Phi) is 4.63. The van der Waals surface area contributed by atoms with E-state index >= 15 is 0 Å². The van der Waals surface area contributed by atoms with Crippen LogP contribution >= 0.6 is 11.6 Å². The third kappa shape index (κ3) is 3.44. The fourth-order valence-electron chi connectivity index (χ4n) is 3.19. The molecule has 0 spiro atoms. The number of amides is 1. The van der Waals surface area contributed by atoms with Crippen molar-refractivity contribution in [2.24, 2.45) is 5.92 Å². The summed E-state index contributed by atoms with van der Waals surface area (Å²) in [6.45, 7) is 0.667. The molecule has 4 rings (SSSR count). The lowest BCUT2D eigenvalue weighted by atomic mass is 9.98. The summed E-state index contributed by atoms with van der Waals surface area (Å²) >= 11 is 5.92. The molecule has 3 heterocycles. The molecule has 0 radical (unpaired) electrons. The van der Waals surface area contributed by atoms with Crippen LogP contribution in [0.3, 0.4) is 0 Å². The SMILES string of the molecule is O=C1C(Cc2ccc(Cl)cc2)CCN1c1cnc(-c2ccncc2)cn1. The van der Waals surface area contributed by atoms with Gasteiger partial charge in [0.15, 0.2) is 5.82 Å². The summed E-state index contributed by atoms with van der Waals surface area (Å²) < 4.78 is 0. The van der Waals surface area contributed by atoms with Gasteiger partial charge in [-0.2, -0.15) is 0 Å². The fourth-order valence-corrected chi connectivity index (χ4v) is 3.32. The van der Waals surface area contributed by atoms with Crippen molar-refractivity contribution >= 4 is 23.3 Å². The lowest BCUT2D eigenvalue weighted by Gasteiger charge is -2.15. The van der Waals surface area contributed by atoms with E-state index in [1.165, 1.54) is 0 Å². The highest BCUT2D eigenvalue weighted by Gasteiger charge is 2.33. The number of halogens is 1. The van der Waals surface area contributed by atoms with Gasteiger partial charge in [0.2, 0.25) is 5.91 Å². The molecule has 0 bridgehead atoms. The Morgan fingerprint density at radius 2 is 1.81 bits per heavy atom. The van der Waals surface area contributed by atoms with E-state index in [0.717, 1.165) is 29.7 Å². The van der Waals surface area contributed by atoms with Crippen molar-refractivity contribution in [3.63, 3.8) is 0 Å². The summed E-state index contributed by atoms with van der Waals surface area (Å²) in [4.78, 5) is 27.4. The number of carbonyl (C=O) groups excluding carboxylic acids is 1. The van der Waals surface area contributed by atoms with Gasteiger partial charge in [0, 0.05) is 35.4 Å². The van der Waals surface area contributed by atoms with Crippen LogP contribution in [0.4, 0.5) is 5.82 Å². The van der Waals surface area contributed by atoms with Crippen LogP contribution in [0.25, 0.3) is 11.3 Å². The van der Waals surface area contributed by atoms with Crippen LogP contribution in [0.1, 0.15) is 12.0 Å². The summed E-state index contributed by atoms with van der Waals surface area (Å²) in [5.41, 5.74) is 2.83. The van der Waals surface area contributed by atoms with Gasteiger partial charge in [-0.05, 0) is 42.7 Å². The third-order valence-corrected chi connectivity index (χ3v) is 4.85. The van der Waals surface area contributed by atoms with Crippen molar-refractivity contribution in [1.29, 1.82) is 0 Å². The van der Waals surface area contributed by atoms with Crippen LogP contribution in [0.15, 0.2) is 61.2 Å². The van der Waals surface area contributed by atoms with Gasteiger partial charge in [0.05, 0.1) is 18.1 Å². The van der Waals surface area contributed by atoms with E-state index in [-0.39, 0.29) is 11.8 Å². The first-order chi connectivity index (χ1) is 12.7. The monoisotopic (exact) mass is 364 g/mol. The average molecular weight is 365 g/mol. The molecule has 6 heteroatoms. The molecule has 130 valence electrons. The number of hydrogen-bond acceptors (Lipinski definition) is 4. The second kappa shape index (κ2) is 7.22. The topological polar surface area (TPSA) is 59.0 Å². The lowest BCUT2D eigenvalue weighted by molar-refractivity contribution is -0.120. The summed E-state index contributed by atoms with van der Waals surface area (Å²) in [7, 11) is 0. The van der Waals surface area contributed by atoms with Crippen LogP contribution in [0.2, 0.25) is 5.02 Å². The highest BCUT2D eigenvalue weighted by atomic mass is 35.5. The Morgan fingerprint density at radius 3 is 2.50 bits per heavy atom. The quantitative estimate of drug-likeness (QED) is 0.706. The molecule has 5 nitrogen and oxygen atoms in total. The number of pyridine rings is 1. The van der Waals surface area contributed by atoms with Crippen LogP contribution in [-0.4, -0.2) is 27.4 Å². The summed E-state index contributed by atoms with van der Waals surface area (Å²) in [5, 5.41) is 0.706. The molecule has 1 aliphatic heterocycles. The van der Waals surface area contributed by atoms with Crippen LogP contribution in [-0.2, 0) is 11.2 Å². The molecular weight excluding hydrogens is 348 g/mol. The number of nitrogens with zero attached hydrogens (tertiary/aromatic N) is 4. The van der Waals surface area contributed by atoms with E-state index < -0.39 is 0 Å². The number of aromatic nitrogens is 3. The van der Waals surface area contributed by atoms with Gasteiger partial charge in [0.25, 0.3) is 0 Å². The predicted molar refractivity (Wildman–Crippen MR) is 101 cm³/mol. The minimum absolute atomic E-state index is 0.0298. The van der Waals surface area contributed by atoms with Crippen molar-refractivity contribution in [2.75, 3.05) is 11.4 Å². The number of rotatable bonds is 4. The molecule has 2 aromatic heterocycles. The molecule has 3 aromatic rings. The van der Waals surface area contributed by atoms with Crippen LogP contribution in [0, 0.1) is 5.92 Å². The van der Waals surface area contributed by atoms with Crippen molar-refractivity contribution in [3.05, 3.63) is 71.8 Å². The first-order valence-electron chi connectivity index (χ1n) is 8.49. The van der Waals surface area contributed by atoms with Gasteiger partial charge in [-0.1, -0.05) is 23.7 Å². The summed E-state index contributed by atoms with van der Waals surface area (Å²) in [5.74, 6) is 0.676. The van der Waals surface area contributed by atoms with E-state index in [9.17, 15) is 4.79 Å². The maximum absolute atomic E-state index is 12.8.